The third-order valence-electron chi connectivity index (χ3n) is 1.27. The van der Waals surface area contributed by atoms with Crippen molar-refractivity contribution >= 4 is 17.7 Å². The fraction of sp³-hybridized carbons (Fsp3) is 0.833. The minimum absolute atomic E-state index is 0.0278. The molecular weight excluding hydrogens is 154 g/mol. The summed E-state index contributed by atoms with van der Waals surface area (Å²) in [7, 11) is 1.54. The summed E-state index contributed by atoms with van der Waals surface area (Å²) in [5.41, 5.74) is 0. The van der Waals surface area contributed by atoms with Crippen LogP contribution >= 0.6 is 11.8 Å². The highest BCUT2D eigenvalue weighted by Gasteiger charge is 2.24. The first-order valence-electron chi connectivity index (χ1n) is 3.08. The van der Waals surface area contributed by atoms with E-state index in [-0.39, 0.29) is 5.92 Å². The molecule has 0 bridgehead atoms. The molecule has 0 saturated carbocycles. The lowest BCUT2D eigenvalue weighted by molar-refractivity contribution is -0.142. The van der Waals surface area contributed by atoms with E-state index in [1.54, 1.807) is 7.05 Å². The zero-order chi connectivity index (χ0) is 8.31. The summed E-state index contributed by atoms with van der Waals surface area (Å²) >= 11 is 5.49. The molecule has 0 aromatic carbocycles. The Hall–Kier alpha value is -0.280. The maximum absolute atomic E-state index is 10.5. The van der Waals surface area contributed by atoms with E-state index in [9.17, 15) is 4.79 Å². The minimum atomic E-state index is -0.882. The molecule has 0 rings (SSSR count). The number of aliphatic carboxylic acids is 1. The Kier molecular flexibility index (Phi) is 3.68. The molecule has 0 heterocycles. The molecule has 0 aromatic rings. The smallest absolute Gasteiger partial charge is 0.322 e. The third kappa shape index (κ3) is 2.54. The Morgan fingerprint density at radius 2 is 2.00 bits per heavy atom. The van der Waals surface area contributed by atoms with Crippen LogP contribution in [0, 0.1) is 5.92 Å². The Labute approximate surface area is 65.7 Å². The summed E-state index contributed by atoms with van der Waals surface area (Å²) in [5.74, 6) is -0.854. The number of likely N-dealkylation sites (N-methyl/N-ethyl adjacent to an activating group) is 1. The van der Waals surface area contributed by atoms with Crippen molar-refractivity contribution in [2.24, 2.45) is 5.92 Å². The van der Waals surface area contributed by atoms with Gasteiger partial charge in [-0.3, -0.25) is 4.79 Å². The molecule has 0 aliphatic rings. The number of nitrogens with zero attached hydrogens (tertiary/aromatic N) is 1. The number of hydrogen-bond acceptors (Lipinski definition) is 2. The predicted molar refractivity (Wildman–Crippen MR) is 39.9 cm³/mol. The highest BCUT2D eigenvalue weighted by atomic mass is 35.5. The monoisotopic (exact) mass is 165 g/mol. The lowest BCUT2D eigenvalue weighted by Crippen LogP contribution is -2.36. The summed E-state index contributed by atoms with van der Waals surface area (Å²) < 4.78 is 1.19. The van der Waals surface area contributed by atoms with E-state index >= 15 is 0 Å². The van der Waals surface area contributed by atoms with Crippen LogP contribution in [0.15, 0.2) is 0 Å². The maximum atomic E-state index is 10.5. The average Bonchev–Trinajstić information content (AvgIpc) is 1.59. The van der Waals surface area contributed by atoms with Gasteiger partial charge in [0, 0.05) is 7.05 Å². The van der Waals surface area contributed by atoms with Crippen molar-refractivity contribution in [1.82, 2.24) is 4.42 Å². The molecule has 1 atom stereocenters. The minimum Gasteiger partial charge on any atom is -0.480 e. The van der Waals surface area contributed by atoms with Gasteiger partial charge in [0.1, 0.15) is 6.04 Å². The normalized spacial score (nSPS) is 14.2. The van der Waals surface area contributed by atoms with Gasteiger partial charge in [-0.15, -0.1) is 0 Å². The maximum Gasteiger partial charge on any atom is 0.322 e. The van der Waals surface area contributed by atoms with Crippen molar-refractivity contribution < 1.29 is 9.90 Å². The zero-order valence-corrected chi connectivity index (χ0v) is 7.09. The lowest BCUT2D eigenvalue weighted by Gasteiger charge is -2.20. The van der Waals surface area contributed by atoms with E-state index in [1.165, 1.54) is 4.42 Å². The van der Waals surface area contributed by atoms with E-state index in [0.717, 1.165) is 0 Å². The van der Waals surface area contributed by atoms with Crippen LogP contribution in [0.2, 0.25) is 0 Å². The molecule has 0 saturated heterocycles. The topological polar surface area (TPSA) is 40.5 Å². The number of carboxylic acid groups (broad SMARTS) is 1. The van der Waals surface area contributed by atoms with E-state index in [1.807, 2.05) is 13.8 Å². The van der Waals surface area contributed by atoms with Gasteiger partial charge >= 0.3 is 5.97 Å². The number of carbonyl (C=O) groups is 1. The van der Waals surface area contributed by atoms with Crippen LogP contribution < -0.4 is 0 Å². The van der Waals surface area contributed by atoms with Crippen LogP contribution in [-0.2, 0) is 4.79 Å². The highest BCUT2D eigenvalue weighted by molar-refractivity contribution is 6.14. The van der Waals surface area contributed by atoms with Gasteiger partial charge in [0.15, 0.2) is 0 Å². The van der Waals surface area contributed by atoms with Gasteiger partial charge in [-0.05, 0) is 17.7 Å². The van der Waals surface area contributed by atoms with Crippen molar-refractivity contribution in [2.75, 3.05) is 7.05 Å². The Morgan fingerprint density at radius 1 is 1.60 bits per heavy atom. The summed E-state index contributed by atoms with van der Waals surface area (Å²) in [5, 5.41) is 8.59. The first-order valence-corrected chi connectivity index (χ1v) is 3.42. The van der Waals surface area contributed by atoms with Gasteiger partial charge in [0.2, 0.25) is 0 Å². The molecule has 0 unspecified atom stereocenters. The largest absolute Gasteiger partial charge is 0.480 e. The predicted octanol–water partition coefficient (Wildman–Crippen LogP) is 1.18. The summed E-state index contributed by atoms with van der Waals surface area (Å²) in [6.07, 6.45) is 0. The van der Waals surface area contributed by atoms with Gasteiger partial charge in [-0.2, -0.15) is 0 Å². The average molecular weight is 166 g/mol. The summed E-state index contributed by atoms with van der Waals surface area (Å²) in [6.45, 7) is 3.63. The number of carboxylic acids is 1. The van der Waals surface area contributed by atoms with Gasteiger partial charge in [-0.25, -0.2) is 4.42 Å². The second-order valence-corrected chi connectivity index (χ2v) is 3.09. The lowest BCUT2D eigenvalue weighted by atomic mass is 10.1. The molecule has 0 aliphatic carbocycles. The molecule has 4 heteroatoms. The van der Waals surface area contributed by atoms with Crippen LogP contribution in [0.3, 0.4) is 0 Å². The van der Waals surface area contributed by atoms with Gasteiger partial charge in [0.25, 0.3) is 0 Å². The molecular formula is C6H12ClNO2. The van der Waals surface area contributed by atoms with Crippen molar-refractivity contribution in [1.29, 1.82) is 0 Å². The molecule has 0 radical (unpaired) electrons. The second kappa shape index (κ2) is 3.78. The Balaban J connectivity index is 4.12. The molecule has 0 amide bonds. The number of rotatable bonds is 3. The van der Waals surface area contributed by atoms with Gasteiger partial charge in [0.05, 0.1) is 0 Å². The van der Waals surface area contributed by atoms with E-state index in [0.29, 0.717) is 0 Å². The fourth-order valence-electron chi connectivity index (χ4n) is 0.848. The van der Waals surface area contributed by atoms with Crippen molar-refractivity contribution in [3.63, 3.8) is 0 Å². The highest BCUT2D eigenvalue weighted by Crippen LogP contribution is 2.10. The number of hydrogen-bond donors (Lipinski definition) is 1. The van der Waals surface area contributed by atoms with Crippen LogP contribution in [0.4, 0.5) is 0 Å². The van der Waals surface area contributed by atoms with E-state index < -0.39 is 12.0 Å². The van der Waals surface area contributed by atoms with Crippen LogP contribution in [-0.4, -0.2) is 28.6 Å². The Morgan fingerprint density at radius 3 is 2.00 bits per heavy atom. The van der Waals surface area contributed by atoms with Gasteiger partial charge in [-0.1, -0.05) is 13.8 Å². The number of halogens is 1. The third-order valence-corrected chi connectivity index (χ3v) is 1.48. The molecule has 3 nitrogen and oxygen atoms in total. The molecule has 0 aromatic heterocycles. The first kappa shape index (κ1) is 9.72. The molecule has 0 aliphatic heterocycles. The molecule has 60 valence electrons. The van der Waals surface area contributed by atoms with Crippen LogP contribution in [0.25, 0.3) is 0 Å². The fourth-order valence-corrected chi connectivity index (χ4v) is 1.16. The van der Waals surface area contributed by atoms with Crippen molar-refractivity contribution in [3.8, 4) is 0 Å². The van der Waals surface area contributed by atoms with Crippen LogP contribution in [0.1, 0.15) is 13.8 Å². The second-order valence-electron chi connectivity index (χ2n) is 2.55. The van der Waals surface area contributed by atoms with Crippen molar-refractivity contribution in [2.45, 2.75) is 19.9 Å². The van der Waals surface area contributed by atoms with Gasteiger partial charge < -0.3 is 5.11 Å². The molecule has 1 N–H and O–H groups in total. The van der Waals surface area contributed by atoms with E-state index in [4.69, 9.17) is 16.9 Å². The quantitative estimate of drug-likeness (QED) is 0.639. The summed E-state index contributed by atoms with van der Waals surface area (Å²) in [6, 6.07) is -0.596. The molecule has 10 heavy (non-hydrogen) atoms. The SMILES string of the molecule is CC(C)[C@@H](C(=O)O)N(C)Cl. The van der Waals surface area contributed by atoms with E-state index in [2.05, 4.69) is 0 Å². The standard InChI is InChI=1S/C6H12ClNO2/c1-4(2)5(6(9)10)8(3)7/h4-5H,1-3H3,(H,9,10)/t5-/m0/s1. The summed E-state index contributed by atoms with van der Waals surface area (Å²) in [4.78, 5) is 10.5. The van der Waals surface area contributed by atoms with Crippen LogP contribution in [0.5, 0.6) is 0 Å². The van der Waals surface area contributed by atoms with Crippen molar-refractivity contribution in [3.05, 3.63) is 0 Å². The first-order chi connectivity index (χ1) is 4.46. The zero-order valence-electron chi connectivity index (χ0n) is 6.34. The Bertz CT molecular complexity index is 117. The molecule has 0 spiro atoms. The molecule has 0 fully saturated rings.